The third-order valence-electron chi connectivity index (χ3n) is 5.63. The molecule has 1 aliphatic heterocycles. The molecule has 0 unspecified atom stereocenters. The molecule has 3 rings (SSSR count). The molecule has 7 heteroatoms. The van der Waals surface area contributed by atoms with Crippen LogP contribution in [-0.2, 0) is 11.2 Å². The van der Waals surface area contributed by atoms with Crippen molar-refractivity contribution in [2.24, 2.45) is 5.92 Å². The van der Waals surface area contributed by atoms with Crippen molar-refractivity contribution in [2.45, 2.75) is 50.3 Å². The summed E-state index contributed by atoms with van der Waals surface area (Å²) in [6, 6.07) is 3.32. The predicted molar refractivity (Wildman–Crippen MR) is 93.0 cm³/mol. The monoisotopic (exact) mass is 349 g/mol. The highest BCUT2D eigenvalue weighted by Crippen LogP contribution is 2.43. The van der Waals surface area contributed by atoms with Gasteiger partial charge in [-0.2, -0.15) is 0 Å². The summed E-state index contributed by atoms with van der Waals surface area (Å²) in [5.41, 5.74) is 2.19. The molecule has 0 bridgehead atoms. The second-order valence-electron chi connectivity index (χ2n) is 7.29. The van der Waals surface area contributed by atoms with Gasteiger partial charge in [0.1, 0.15) is 5.82 Å². The molecule has 1 aromatic carbocycles. The third-order valence-corrected chi connectivity index (χ3v) is 5.63. The van der Waals surface area contributed by atoms with Gasteiger partial charge in [0.2, 0.25) is 0 Å². The summed E-state index contributed by atoms with van der Waals surface area (Å²) in [6.45, 7) is 1.71. The lowest BCUT2D eigenvalue weighted by Crippen LogP contribution is -2.27. The molecule has 1 fully saturated rings. The Morgan fingerprint density at radius 1 is 1.24 bits per heavy atom. The van der Waals surface area contributed by atoms with Crippen LogP contribution >= 0.6 is 0 Å². The first-order valence-corrected chi connectivity index (χ1v) is 9.09. The number of rotatable bonds is 6. The molecule has 0 radical (unpaired) electrons. The maximum absolute atomic E-state index is 14.6. The molecule has 1 aliphatic carbocycles. The van der Waals surface area contributed by atoms with Gasteiger partial charge in [0.05, 0.1) is 5.92 Å². The molecule has 1 saturated heterocycles. The van der Waals surface area contributed by atoms with E-state index in [-0.39, 0.29) is 24.0 Å². The molecule has 1 heterocycles. The predicted octanol–water partition coefficient (Wildman–Crippen LogP) is 1.89. The molecule has 25 heavy (non-hydrogen) atoms. The topological polar surface area (TPSA) is 89.8 Å². The van der Waals surface area contributed by atoms with Crippen LogP contribution in [-0.4, -0.2) is 41.3 Å². The lowest BCUT2D eigenvalue weighted by Gasteiger charge is -2.24. The van der Waals surface area contributed by atoms with Crippen LogP contribution in [0.5, 0.6) is 0 Å². The molecule has 0 amide bonds. The molecule has 2 atom stereocenters. The number of halogens is 1. The highest BCUT2D eigenvalue weighted by Gasteiger charge is 2.38. The number of fused-ring (bicyclic) bond motifs is 1. The van der Waals surface area contributed by atoms with Gasteiger partial charge in [-0.3, -0.25) is 4.79 Å². The van der Waals surface area contributed by atoms with Crippen molar-refractivity contribution in [3.63, 3.8) is 0 Å². The van der Waals surface area contributed by atoms with Crippen LogP contribution < -0.4 is 5.32 Å². The van der Waals surface area contributed by atoms with Crippen molar-refractivity contribution < 1.29 is 24.3 Å². The van der Waals surface area contributed by atoms with E-state index >= 15 is 0 Å². The van der Waals surface area contributed by atoms with Crippen molar-refractivity contribution in [3.8, 4) is 0 Å². The summed E-state index contributed by atoms with van der Waals surface area (Å²) < 4.78 is 14.6. The standard InChI is InChI=1S/C18H25BFNO4/c20-16-9-13-8-12(2-1-5-19(24)25)17(18(22)23)15(13)10-14(16)11-3-6-21-7-4-11/h9-12,17,21,24-25H,1-8H2,(H,22,23)/t12-,17-/m0/s1. The van der Waals surface area contributed by atoms with Gasteiger partial charge in [0.15, 0.2) is 0 Å². The van der Waals surface area contributed by atoms with Crippen LogP contribution in [0.2, 0.25) is 6.32 Å². The SMILES string of the molecule is O=C(O)[C@@H]1c2cc(C3CCNCC3)c(F)cc2C[C@@H]1CCCB(O)O. The van der Waals surface area contributed by atoms with Crippen LogP contribution in [0, 0.1) is 11.7 Å². The molecular weight excluding hydrogens is 324 g/mol. The van der Waals surface area contributed by atoms with Crippen molar-refractivity contribution in [1.82, 2.24) is 5.32 Å². The summed E-state index contributed by atoms with van der Waals surface area (Å²) in [5.74, 6) is -1.71. The number of carboxylic acids is 1. The minimum atomic E-state index is -1.36. The van der Waals surface area contributed by atoms with E-state index in [1.807, 2.05) is 0 Å². The minimum absolute atomic E-state index is 0.117. The van der Waals surface area contributed by atoms with Crippen LogP contribution in [0.1, 0.15) is 54.2 Å². The van der Waals surface area contributed by atoms with Crippen LogP contribution in [0.15, 0.2) is 12.1 Å². The number of carbonyl (C=O) groups is 1. The van der Waals surface area contributed by atoms with E-state index in [0.717, 1.165) is 37.1 Å². The molecule has 2 aliphatic rings. The lowest BCUT2D eigenvalue weighted by molar-refractivity contribution is -0.139. The first kappa shape index (κ1) is 18.4. The Kier molecular flexibility index (Phi) is 5.76. The Labute approximate surface area is 147 Å². The first-order chi connectivity index (χ1) is 12.0. The van der Waals surface area contributed by atoms with E-state index < -0.39 is 19.0 Å². The Morgan fingerprint density at radius 2 is 1.96 bits per heavy atom. The molecule has 5 nitrogen and oxygen atoms in total. The molecule has 4 N–H and O–H groups in total. The zero-order chi connectivity index (χ0) is 18.0. The van der Waals surface area contributed by atoms with Gasteiger partial charge in [-0.1, -0.05) is 12.5 Å². The fourth-order valence-electron chi connectivity index (χ4n) is 4.38. The van der Waals surface area contributed by atoms with E-state index in [4.69, 9.17) is 10.0 Å². The Bertz CT molecular complexity index is 634. The maximum Gasteiger partial charge on any atom is 0.451 e. The molecule has 0 saturated carbocycles. The number of aliphatic carboxylic acids is 1. The van der Waals surface area contributed by atoms with Crippen LogP contribution in [0.4, 0.5) is 4.39 Å². The molecule has 0 aromatic heterocycles. The van der Waals surface area contributed by atoms with Gasteiger partial charge in [0, 0.05) is 0 Å². The number of benzene rings is 1. The Morgan fingerprint density at radius 3 is 2.60 bits per heavy atom. The van der Waals surface area contributed by atoms with Gasteiger partial charge >= 0.3 is 13.1 Å². The van der Waals surface area contributed by atoms with Gasteiger partial charge in [-0.05, 0) is 79.7 Å². The number of carboxylic acid groups (broad SMARTS) is 1. The average molecular weight is 349 g/mol. The second kappa shape index (κ2) is 7.85. The molecule has 136 valence electrons. The fourth-order valence-corrected chi connectivity index (χ4v) is 4.38. The largest absolute Gasteiger partial charge is 0.481 e. The van der Waals surface area contributed by atoms with Gasteiger partial charge in [-0.25, -0.2) is 4.39 Å². The normalized spacial score (nSPS) is 23.5. The number of hydrogen-bond donors (Lipinski definition) is 4. The van der Waals surface area contributed by atoms with E-state index in [2.05, 4.69) is 5.32 Å². The molecular formula is C18H25BFNO4. The number of hydrogen-bond acceptors (Lipinski definition) is 4. The average Bonchev–Trinajstić information content (AvgIpc) is 2.91. The first-order valence-electron chi connectivity index (χ1n) is 9.09. The van der Waals surface area contributed by atoms with E-state index in [9.17, 15) is 14.3 Å². The van der Waals surface area contributed by atoms with E-state index in [0.29, 0.717) is 24.8 Å². The minimum Gasteiger partial charge on any atom is -0.481 e. The summed E-state index contributed by atoms with van der Waals surface area (Å²) in [5, 5.41) is 30.9. The van der Waals surface area contributed by atoms with E-state index in [1.54, 1.807) is 6.07 Å². The summed E-state index contributed by atoms with van der Waals surface area (Å²) in [6.07, 6.45) is 3.64. The van der Waals surface area contributed by atoms with Gasteiger partial charge in [-0.15, -0.1) is 0 Å². The smallest absolute Gasteiger partial charge is 0.451 e. The number of piperidine rings is 1. The van der Waals surface area contributed by atoms with Crippen molar-refractivity contribution in [1.29, 1.82) is 0 Å². The molecule has 0 spiro atoms. The highest BCUT2D eigenvalue weighted by atomic mass is 19.1. The van der Waals surface area contributed by atoms with Crippen molar-refractivity contribution in [2.75, 3.05) is 13.1 Å². The zero-order valence-electron chi connectivity index (χ0n) is 14.2. The lowest BCUT2D eigenvalue weighted by atomic mass is 9.80. The molecule has 1 aromatic rings. The summed E-state index contributed by atoms with van der Waals surface area (Å²) in [7, 11) is -1.36. The fraction of sp³-hybridized carbons (Fsp3) is 0.611. The van der Waals surface area contributed by atoms with Gasteiger partial charge < -0.3 is 20.5 Å². The zero-order valence-corrected chi connectivity index (χ0v) is 14.2. The van der Waals surface area contributed by atoms with Crippen LogP contribution in [0.25, 0.3) is 0 Å². The second-order valence-corrected chi connectivity index (χ2v) is 7.29. The van der Waals surface area contributed by atoms with Crippen LogP contribution in [0.3, 0.4) is 0 Å². The summed E-state index contributed by atoms with van der Waals surface area (Å²) >= 11 is 0. The van der Waals surface area contributed by atoms with Crippen molar-refractivity contribution in [3.05, 3.63) is 34.6 Å². The van der Waals surface area contributed by atoms with Crippen molar-refractivity contribution >= 4 is 13.1 Å². The Hall–Kier alpha value is -1.44. The summed E-state index contributed by atoms with van der Waals surface area (Å²) in [4.78, 5) is 11.8. The Balaban J connectivity index is 1.83. The third kappa shape index (κ3) is 4.05. The number of nitrogens with one attached hydrogen (secondary N) is 1. The van der Waals surface area contributed by atoms with E-state index in [1.165, 1.54) is 6.07 Å². The quantitative estimate of drug-likeness (QED) is 0.589. The highest BCUT2D eigenvalue weighted by molar-refractivity contribution is 6.40. The maximum atomic E-state index is 14.6. The van der Waals surface area contributed by atoms with Gasteiger partial charge in [0.25, 0.3) is 0 Å².